The van der Waals surface area contributed by atoms with Gasteiger partial charge in [0.05, 0.1) is 35.2 Å². The van der Waals surface area contributed by atoms with Gasteiger partial charge in [0.1, 0.15) is 0 Å². The molecule has 162 valence electrons. The van der Waals surface area contributed by atoms with E-state index in [2.05, 4.69) is 20.3 Å². The normalized spacial score (nSPS) is 13.4. The Balaban J connectivity index is 1.49. The number of fused-ring (bicyclic) bond motifs is 1. The Bertz CT molecular complexity index is 1320. The first-order valence-corrected chi connectivity index (χ1v) is 9.27. The highest BCUT2D eigenvalue weighted by molar-refractivity contribution is 6.11. The average Bonchev–Trinajstić information content (AvgIpc) is 3.53. The maximum absolute atomic E-state index is 13.1. The molecule has 0 fully saturated rings. The van der Waals surface area contributed by atoms with Crippen LogP contribution in [0.25, 0.3) is 22.6 Å². The van der Waals surface area contributed by atoms with Crippen molar-refractivity contribution in [3.63, 3.8) is 0 Å². The second-order valence-electron chi connectivity index (χ2n) is 6.86. The maximum Gasteiger partial charge on any atom is 0.333 e. The summed E-state index contributed by atoms with van der Waals surface area (Å²) < 4.78 is 56.8. The van der Waals surface area contributed by atoms with E-state index in [1.54, 1.807) is 24.3 Å². The van der Waals surface area contributed by atoms with Crippen molar-refractivity contribution in [1.29, 1.82) is 0 Å². The average molecular weight is 444 g/mol. The Hall–Kier alpha value is -4.09. The minimum absolute atomic E-state index is 0.139. The van der Waals surface area contributed by atoms with E-state index >= 15 is 0 Å². The molecule has 1 amide bonds. The van der Waals surface area contributed by atoms with Crippen LogP contribution in [0.2, 0.25) is 0 Å². The number of rotatable bonds is 5. The second kappa shape index (κ2) is 7.55. The number of carbonyl (C=O) groups excluding carboxylic acids is 1. The quantitative estimate of drug-likeness (QED) is 0.422. The monoisotopic (exact) mass is 444 g/mol. The molecule has 1 aromatic carbocycles. The summed E-state index contributed by atoms with van der Waals surface area (Å²) in [6.45, 7) is -2.65. The molecule has 0 radical (unpaired) electrons. The van der Waals surface area contributed by atoms with E-state index in [4.69, 9.17) is 4.42 Å². The summed E-state index contributed by atoms with van der Waals surface area (Å²) in [5.74, 6) is -1.40. The van der Waals surface area contributed by atoms with Crippen molar-refractivity contribution < 1.29 is 26.8 Å². The smallest absolute Gasteiger partial charge is 0.333 e. The highest BCUT2D eigenvalue weighted by Crippen LogP contribution is 2.36. The van der Waals surface area contributed by atoms with E-state index < -0.39 is 24.8 Å². The predicted molar refractivity (Wildman–Crippen MR) is 102 cm³/mol. The molecule has 12 heteroatoms. The lowest BCUT2D eigenvalue weighted by atomic mass is 10.1. The maximum atomic E-state index is 13.1. The molecule has 0 aliphatic carbocycles. The van der Waals surface area contributed by atoms with Gasteiger partial charge < -0.3 is 9.32 Å². The second-order valence-corrected chi connectivity index (χ2v) is 6.86. The molecule has 32 heavy (non-hydrogen) atoms. The van der Waals surface area contributed by atoms with Crippen LogP contribution in [0.1, 0.15) is 34.9 Å². The number of carbonyl (C=O) groups is 1. The van der Waals surface area contributed by atoms with Crippen LogP contribution in [-0.2, 0) is 6.54 Å². The molecule has 4 aromatic rings. The van der Waals surface area contributed by atoms with Crippen LogP contribution in [0.3, 0.4) is 0 Å². The molecule has 0 saturated heterocycles. The largest absolute Gasteiger partial charge is 0.415 e. The molecule has 8 nitrogen and oxygen atoms in total. The first-order valence-electron chi connectivity index (χ1n) is 9.27. The summed E-state index contributed by atoms with van der Waals surface area (Å²) in [4.78, 5) is 18.9. The summed E-state index contributed by atoms with van der Waals surface area (Å²) in [6.07, 6.45) is 0.938. The zero-order chi connectivity index (χ0) is 22.4. The topological polar surface area (TPSA) is 89.9 Å². The van der Waals surface area contributed by atoms with E-state index in [1.165, 1.54) is 29.6 Å². The Morgan fingerprint density at radius 3 is 2.53 bits per heavy atom. The van der Waals surface area contributed by atoms with Crippen molar-refractivity contribution in [2.24, 2.45) is 0 Å². The molecular weight excluding hydrogens is 432 g/mol. The first-order chi connectivity index (χ1) is 15.4. The zero-order valence-corrected chi connectivity index (χ0v) is 16.0. The van der Waals surface area contributed by atoms with Gasteiger partial charge in [-0.3, -0.25) is 9.78 Å². The third-order valence-corrected chi connectivity index (χ3v) is 4.94. The van der Waals surface area contributed by atoms with Gasteiger partial charge in [0.25, 0.3) is 11.8 Å². The van der Waals surface area contributed by atoms with Gasteiger partial charge in [-0.2, -0.15) is 22.7 Å². The third kappa shape index (κ3) is 3.29. The van der Waals surface area contributed by atoms with Crippen molar-refractivity contribution in [3.8, 4) is 22.6 Å². The number of pyridine rings is 1. The fourth-order valence-corrected chi connectivity index (χ4v) is 3.46. The number of hydrogen-bond acceptors (Lipinski definition) is 6. The Morgan fingerprint density at radius 1 is 1.00 bits per heavy atom. The molecule has 0 N–H and O–H groups in total. The minimum atomic E-state index is -2.92. The lowest BCUT2D eigenvalue weighted by molar-refractivity contribution is 0.0566. The van der Waals surface area contributed by atoms with Gasteiger partial charge in [-0.05, 0) is 12.1 Å². The Morgan fingerprint density at radius 2 is 1.81 bits per heavy atom. The molecule has 0 bridgehead atoms. The number of anilines is 1. The molecular formula is C20H12F4N6O2. The van der Waals surface area contributed by atoms with Gasteiger partial charge in [-0.15, -0.1) is 10.2 Å². The van der Waals surface area contributed by atoms with Crippen LogP contribution in [0.15, 0.2) is 53.3 Å². The molecule has 4 heterocycles. The Labute approximate surface area is 177 Å². The number of hydrogen-bond donors (Lipinski definition) is 0. The number of para-hydroxylation sites is 1. The van der Waals surface area contributed by atoms with Crippen LogP contribution in [0.4, 0.5) is 23.2 Å². The lowest BCUT2D eigenvalue weighted by Gasteiger charge is -2.19. The SMILES string of the molecule is O=C1c2cc(-c3nnc(C(F)F)o3)cnc2CN1c1ccccc1-c1cnn(C(F)F)c1. The summed E-state index contributed by atoms with van der Waals surface area (Å²) in [6, 6.07) is 8.27. The van der Waals surface area contributed by atoms with E-state index in [0.717, 1.165) is 0 Å². The minimum Gasteiger partial charge on any atom is -0.415 e. The van der Waals surface area contributed by atoms with Crippen LogP contribution in [0.5, 0.6) is 0 Å². The summed E-state index contributed by atoms with van der Waals surface area (Å²) in [7, 11) is 0. The number of amides is 1. The van der Waals surface area contributed by atoms with E-state index in [1.807, 2.05) is 0 Å². The third-order valence-electron chi connectivity index (χ3n) is 4.94. The molecule has 1 aliphatic rings. The van der Waals surface area contributed by atoms with Gasteiger partial charge in [-0.25, -0.2) is 4.68 Å². The highest BCUT2D eigenvalue weighted by atomic mass is 19.3. The number of benzene rings is 1. The molecule has 0 saturated carbocycles. The molecule has 3 aromatic heterocycles. The first kappa shape index (κ1) is 19.8. The van der Waals surface area contributed by atoms with Crippen molar-refractivity contribution in [2.75, 3.05) is 4.90 Å². The van der Waals surface area contributed by atoms with Crippen molar-refractivity contribution >= 4 is 11.6 Å². The van der Waals surface area contributed by atoms with Gasteiger partial charge in [0, 0.05) is 23.5 Å². The summed E-state index contributed by atoms with van der Waals surface area (Å²) in [5.41, 5.74) is 2.39. The number of nitrogens with zero attached hydrogens (tertiary/aromatic N) is 6. The molecule has 0 atom stereocenters. The highest BCUT2D eigenvalue weighted by Gasteiger charge is 2.32. The summed E-state index contributed by atoms with van der Waals surface area (Å²) >= 11 is 0. The van der Waals surface area contributed by atoms with Crippen LogP contribution < -0.4 is 4.90 Å². The van der Waals surface area contributed by atoms with E-state index in [9.17, 15) is 22.4 Å². The Kier molecular flexibility index (Phi) is 4.68. The van der Waals surface area contributed by atoms with E-state index in [0.29, 0.717) is 27.2 Å². The number of alkyl halides is 4. The van der Waals surface area contributed by atoms with Gasteiger partial charge in [0.2, 0.25) is 5.89 Å². The van der Waals surface area contributed by atoms with Crippen molar-refractivity contribution in [2.45, 2.75) is 19.5 Å². The van der Waals surface area contributed by atoms with Crippen LogP contribution >= 0.6 is 0 Å². The predicted octanol–water partition coefficient (Wildman–Crippen LogP) is 4.49. The lowest BCUT2D eigenvalue weighted by Crippen LogP contribution is -2.23. The fourth-order valence-electron chi connectivity index (χ4n) is 3.46. The van der Waals surface area contributed by atoms with Gasteiger partial charge in [-0.1, -0.05) is 18.2 Å². The van der Waals surface area contributed by atoms with Crippen LogP contribution in [-0.4, -0.2) is 30.9 Å². The molecule has 0 spiro atoms. The number of halogens is 4. The van der Waals surface area contributed by atoms with Crippen molar-refractivity contribution in [3.05, 3.63) is 66.1 Å². The fraction of sp³-hybridized carbons (Fsp3) is 0.150. The zero-order valence-electron chi connectivity index (χ0n) is 16.0. The van der Waals surface area contributed by atoms with Crippen molar-refractivity contribution in [1.82, 2.24) is 25.0 Å². The van der Waals surface area contributed by atoms with Gasteiger partial charge >= 0.3 is 13.0 Å². The standard InChI is InChI=1S/C20H12F4N6O2/c21-16(22)18-28-27-17(32-18)10-5-13-14(25-6-10)9-29(19(13)31)15-4-2-1-3-12(15)11-7-26-30(8-11)20(23)24/h1-8,16,20H,9H2. The van der Waals surface area contributed by atoms with E-state index in [-0.39, 0.29) is 23.6 Å². The summed E-state index contributed by atoms with van der Waals surface area (Å²) in [5, 5.41) is 10.5. The molecule has 5 rings (SSSR count). The number of aromatic nitrogens is 5. The molecule has 1 aliphatic heterocycles. The van der Waals surface area contributed by atoms with Crippen LogP contribution in [0, 0.1) is 0 Å². The molecule has 0 unspecified atom stereocenters. The van der Waals surface area contributed by atoms with Gasteiger partial charge in [0.15, 0.2) is 0 Å².